The molecule has 8 nitrogen and oxygen atoms in total. The lowest BCUT2D eigenvalue weighted by Crippen LogP contribution is -2.18. The number of tetrazole rings is 1. The van der Waals surface area contributed by atoms with Gasteiger partial charge in [0.25, 0.3) is 0 Å². The summed E-state index contributed by atoms with van der Waals surface area (Å²) in [5.74, 6) is 0.714. The molecular weight excluding hydrogens is 406 g/mol. The van der Waals surface area contributed by atoms with E-state index in [-0.39, 0.29) is 11.7 Å². The van der Waals surface area contributed by atoms with Gasteiger partial charge in [-0.05, 0) is 52.9 Å². The molecule has 3 heterocycles. The van der Waals surface area contributed by atoms with E-state index in [1.165, 1.54) is 16.6 Å². The molecule has 4 rings (SSSR count). The van der Waals surface area contributed by atoms with Gasteiger partial charge in [0.2, 0.25) is 11.1 Å². The molecule has 0 fully saturated rings. The molecular formula is C19H19N7OS2. The van der Waals surface area contributed by atoms with Crippen molar-refractivity contribution in [3.8, 4) is 5.69 Å². The highest BCUT2D eigenvalue weighted by molar-refractivity contribution is 7.99. The zero-order valence-electron chi connectivity index (χ0n) is 15.9. The molecule has 0 radical (unpaired) electrons. The van der Waals surface area contributed by atoms with Crippen LogP contribution in [0.2, 0.25) is 0 Å². The van der Waals surface area contributed by atoms with Gasteiger partial charge < -0.3 is 5.32 Å². The van der Waals surface area contributed by atoms with Gasteiger partial charge in [-0.3, -0.25) is 4.79 Å². The second-order valence-electron chi connectivity index (χ2n) is 6.45. The van der Waals surface area contributed by atoms with Crippen LogP contribution >= 0.6 is 23.1 Å². The van der Waals surface area contributed by atoms with E-state index < -0.39 is 0 Å². The Labute approximate surface area is 175 Å². The Bertz CT molecular complexity index is 1120. The Morgan fingerprint density at radius 2 is 2.14 bits per heavy atom. The van der Waals surface area contributed by atoms with Crippen molar-refractivity contribution in [3.05, 3.63) is 64.0 Å². The van der Waals surface area contributed by atoms with Crippen LogP contribution in [-0.4, -0.2) is 41.6 Å². The van der Waals surface area contributed by atoms with Gasteiger partial charge in [-0.2, -0.15) is 9.78 Å². The van der Waals surface area contributed by atoms with Crippen LogP contribution in [0.1, 0.15) is 16.0 Å². The summed E-state index contributed by atoms with van der Waals surface area (Å²) in [6, 6.07) is 11.9. The maximum Gasteiger partial charge on any atom is 0.235 e. The number of aryl methyl sites for hydroxylation is 2. The Balaban J connectivity index is 1.41. The lowest BCUT2D eigenvalue weighted by molar-refractivity contribution is -0.113. The highest BCUT2D eigenvalue weighted by atomic mass is 32.2. The largest absolute Gasteiger partial charge is 0.310 e. The summed E-state index contributed by atoms with van der Waals surface area (Å²) in [6.07, 6.45) is 1.68. The number of carbonyl (C=O) groups is 1. The molecule has 0 aliphatic carbocycles. The quantitative estimate of drug-likeness (QED) is 0.457. The van der Waals surface area contributed by atoms with Crippen molar-refractivity contribution in [3.63, 3.8) is 0 Å². The van der Waals surface area contributed by atoms with Crippen LogP contribution in [0.3, 0.4) is 0 Å². The molecule has 148 valence electrons. The van der Waals surface area contributed by atoms with Crippen LogP contribution in [0.5, 0.6) is 0 Å². The van der Waals surface area contributed by atoms with Crippen LogP contribution in [0.25, 0.3) is 5.69 Å². The molecule has 0 aliphatic rings. The first-order valence-corrected chi connectivity index (χ1v) is 10.8. The number of benzene rings is 1. The summed E-state index contributed by atoms with van der Waals surface area (Å²) in [6.45, 7) is 4.65. The summed E-state index contributed by atoms with van der Waals surface area (Å²) in [5, 5.41) is 21.7. The van der Waals surface area contributed by atoms with E-state index in [4.69, 9.17) is 0 Å². The molecule has 1 aromatic carbocycles. The molecule has 0 unspecified atom stereocenters. The molecule has 0 saturated carbocycles. The molecule has 0 atom stereocenters. The summed E-state index contributed by atoms with van der Waals surface area (Å²) in [5.41, 5.74) is 3.09. The number of rotatable bonds is 7. The van der Waals surface area contributed by atoms with Gasteiger partial charge in [-0.25, -0.2) is 4.68 Å². The smallest absolute Gasteiger partial charge is 0.235 e. The number of hydrogen-bond acceptors (Lipinski definition) is 7. The number of anilines is 1. The number of nitrogens with one attached hydrogen (secondary N) is 1. The van der Waals surface area contributed by atoms with Crippen molar-refractivity contribution in [2.75, 3.05) is 11.1 Å². The Morgan fingerprint density at radius 1 is 1.24 bits per heavy atom. The summed E-state index contributed by atoms with van der Waals surface area (Å²) in [7, 11) is 0. The SMILES string of the molecule is Cc1ccc(C)c(-n2nnnc2SCC(=O)Nc2ccnn2Cc2cccs2)c1. The average Bonchev–Trinajstić information content (AvgIpc) is 3.45. The maximum absolute atomic E-state index is 12.5. The fourth-order valence-electron chi connectivity index (χ4n) is 2.79. The van der Waals surface area contributed by atoms with Gasteiger partial charge in [0.15, 0.2) is 0 Å². The van der Waals surface area contributed by atoms with Crippen molar-refractivity contribution < 1.29 is 4.79 Å². The maximum atomic E-state index is 12.5. The van der Waals surface area contributed by atoms with Gasteiger partial charge in [0.1, 0.15) is 5.82 Å². The Hall–Kier alpha value is -2.98. The molecule has 4 aromatic rings. The molecule has 0 aliphatic heterocycles. The van der Waals surface area contributed by atoms with Gasteiger partial charge in [-0.15, -0.1) is 16.4 Å². The predicted molar refractivity (Wildman–Crippen MR) is 114 cm³/mol. The first-order valence-electron chi connectivity index (χ1n) is 8.93. The fourth-order valence-corrected chi connectivity index (χ4v) is 4.16. The molecule has 0 saturated heterocycles. The van der Waals surface area contributed by atoms with Crippen LogP contribution < -0.4 is 5.32 Å². The monoisotopic (exact) mass is 425 g/mol. The van der Waals surface area contributed by atoms with Crippen LogP contribution in [0.4, 0.5) is 5.82 Å². The number of thiophene rings is 1. The highest BCUT2D eigenvalue weighted by Gasteiger charge is 2.14. The molecule has 29 heavy (non-hydrogen) atoms. The van der Waals surface area contributed by atoms with E-state index in [0.29, 0.717) is 17.5 Å². The van der Waals surface area contributed by atoms with Crippen LogP contribution in [0, 0.1) is 13.8 Å². The molecule has 0 bridgehead atoms. The lowest BCUT2D eigenvalue weighted by atomic mass is 10.1. The minimum atomic E-state index is -0.140. The number of aromatic nitrogens is 6. The van der Waals surface area contributed by atoms with Crippen molar-refractivity contribution >= 4 is 34.8 Å². The lowest BCUT2D eigenvalue weighted by Gasteiger charge is -2.09. The summed E-state index contributed by atoms with van der Waals surface area (Å²) < 4.78 is 3.44. The third-order valence-corrected chi connectivity index (χ3v) is 6.02. The minimum absolute atomic E-state index is 0.140. The van der Waals surface area contributed by atoms with Crippen LogP contribution in [-0.2, 0) is 11.3 Å². The summed E-state index contributed by atoms with van der Waals surface area (Å²) >= 11 is 2.95. The van der Waals surface area contributed by atoms with Gasteiger partial charge >= 0.3 is 0 Å². The van der Waals surface area contributed by atoms with E-state index in [1.807, 2.05) is 49.6 Å². The topological polar surface area (TPSA) is 90.5 Å². The van der Waals surface area contributed by atoms with Crippen molar-refractivity contribution in [2.45, 2.75) is 25.5 Å². The predicted octanol–water partition coefficient (Wildman–Crippen LogP) is 3.32. The van der Waals surface area contributed by atoms with Crippen molar-refractivity contribution in [1.82, 2.24) is 30.0 Å². The summed E-state index contributed by atoms with van der Waals surface area (Å²) in [4.78, 5) is 13.7. The van der Waals surface area contributed by atoms with E-state index in [2.05, 4.69) is 25.9 Å². The third-order valence-electron chi connectivity index (χ3n) is 4.24. The van der Waals surface area contributed by atoms with Crippen molar-refractivity contribution in [2.24, 2.45) is 0 Å². The normalized spacial score (nSPS) is 11.0. The van der Waals surface area contributed by atoms with Gasteiger partial charge in [-0.1, -0.05) is 30.0 Å². The standard InChI is InChI=1S/C19H19N7OS2/c1-13-5-6-14(2)16(10-13)26-19(22-23-24-26)29-12-18(27)21-17-7-8-20-25(17)11-15-4-3-9-28-15/h3-10H,11-12H2,1-2H3,(H,21,27). The Morgan fingerprint density at radius 3 is 2.97 bits per heavy atom. The molecule has 1 N–H and O–H groups in total. The second-order valence-corrected chi connectivity index (χ2v) is 8.43. The number of amides is 1. The minimum Gasteiger partial charge on any atom is -0.310 e. The molecule has 0 spiro atoms. The average molecular weight is 426 g/mol. The zero-order chi connectivity index (χ0) is 20.2. The molecule has 3 aromatic heterocycles. The van der Waals surface area contributed by atoms with Crippen molar-refractivity contribution in [1.29, 1.82) is 0 Å². The van der Waals surface area contributed by atoms with E-state index in [0.717, 1.165) is 16.8 Å². The van der Waals surface area contributed by atoms with Crippen LogP contribution in [0.15, 0.2) is 53.1 Å². The number of carbonyl (C=O) groups excluding carboxylic acids is 1. The highest BCUT2D eigenvalue weighted by Crippen LogP contribution is 2.22. The fraction of sp³-hybridized carbons (Fsp3) is 0.211. The number of hydrogen-bond donors (Lipinski definition) is 1. The molecule has 1 amide bonds. The Kier molecular flexibility index (Phi) is 5.72. The second kappa shape index (κ2) is 8.58. The first-order chi connectivity index (χ1) is 14.1. The van der Waals surface area contributed by atoms with E-state index >= 15 is 0 Å². The first kappa shape index (κ1) is 19.3. The van der Waals surface area contributed by atoms with E-state index in [9.17, 15) is 4.79 Å². The van der Waals surface area contributed by atoms with E-state index in [1.54, 1.807) is 33.0 Å². The molecule has 10 heteroatoms. The van der Waals surface area contributed by atoms with Gasteiger partial charge in [0, 0.05) is 10.9 Å². The number of nitrogens with zero attached hydrogens (tertiary/aromatic N) is 6. The third kappa shape index (κ3) is 4.54. The number of thioether (sulfide) groups is 1. The zero-order valence-corrected chi connectivity index (χ0v) is 17.6. The van der Waals surface area contributed by atoms with Gasteiger partial charge in [0.05, 0.1) is 24.2 Å².